The Morgan fingerprint density at radius 1 is 1.11 bits per heavy atom. The Bertz CT molecular complexity index is 1380. The molecule has 0 aromatic heterocycles. The van der Waals surface area contributed by atoms with Crippen LogP contribution in [0, 0.1) is 57.2 Å². The fourth-order valence-electron chi connectivity index (χ4n) is 11.2. The normalized spacial score (nSPS) is 42.9. The highest BCUT2D eigenvalue weighted by Gasteiger charge is 2.81. The molecule has 45 heavy (non-hydrogen) atoms. The quantitative estimate of drug-likeness (QED) is 0.170. The first-order valence-corrected chi connectivity index (χ1v) is 18.5. The number of allylic oxidation sites excluding steroid dienone is 2. The van der Waals surface area contributed by atoms with Gasteiger partial charge in [0.2, 0.25) is 0 Å². The van der Waals surface area contributed by atoms with Gasteiger partial charge >= 0.3 is 19.5 Å². The molecule has 13 atom stereocenters. The highest BCUT2D eigenvalue weighted by Crippen LogP contribution is 2.87. The van der Waals surface area contributed by atoms with Crippen LogP contribution in [0.15, 0.2) is 24.3 Å². The van der Waals surface area contributed by atoms with Crippen molar-refractivity contribution in [2.75, 3.05) is 13.3 Å². The zero-order valence-electron chi connectivity index (χ0n) is 28.1. The van der Waals surface area contributed by atoms with Gasteiger partial charge in [0.05, 0.1) is 6.61 Å². The van der Waals surface area contributed by atoms with E-state index in [4.69, 9.17) is 14.0 Å². The van der Waals surface area contributed by atoms with Crippen LogP contribution in [-0.4, -0.2) is 53.9 Å². The van der Waals surface area contributed by atoms with Crippen molar-refractivity contribution < 1.29 is 42.6 Å². The van der Waals surface area contributed by atoms with Crippen LogP contribution in [0.5, 0.6) is 0 Å². The van der Waals surface area contributed by atoms with E-state index in [1.165, 1.54) is 13.8 Å². The molecule has 0 radical (unpaired) electrons. The van der Waals surface area contributed by atoms with Crippen molar-refractivity contribution in [3.63, 3.8) is 0 Å². The van der Waals surface area contributed by atoms with Crippen LogP contribution in [0.3, 0.4) is 0 Å². The lowest BCUT2D eigenvalue weighted by Gasteiger charge is -2.61. The topological polar surface area (TPSA) is 133 Å². The molecule has 0 bridgehead atoms. The molecule has 0 aliphatic heterocycles. The second-order valence-corrected chi connectivity index (χ2v) is 17.5. The Kier molecular flexibility index (Phi) is 8.57. The average Bonchev–Trinajstić information content (AvgIpc) is 3.55. The summed E-state index contributed by atoms with van der Waals surface area (Å²) in [6.07, 6.45) is 8.00. The molecule has 250 valence electrons. The van der Waals surface area contributed by atoms with Crippen molar-refractivity contribution in [1.29, 1.82) is 0 Å². The zero-order chi connectivity index (χ0) is 33.5. The fraction of sp³-hybridized carbons (Fsp3) is 0.771. The van der Waals surface area contributed by atoms with E-state index in [2.05, 4.69) is 33.4 Å². The summed E-state index contributed by atoms with van der Waals surface area (Å²) in [5.41, 5.74) is -0.265. The van der Waals surface area contributed by atoms with E-state index in [0.29, 0.717) is 18.3 Å². The SMILES string of the molecule is C=C(C(=O)[C@H](OC(C)=O)[C@@H](C)[C@H]1[C@@H](OC(C)=O)C[C@@]2(C)[C@@H]3CC[C@H]4[C@H](C)C(=O)C=C[C@@]45C[C@@]35CC[C@]12C)[C@@H](C)COP(C)(=O)O. The van der Waals surface area contributed by atoms with Crippen LogP contribution in [0.4, 0.5) is 0 Å². The van der Waals surface area contributed by atoms with Crippen LogP contribution in [0.1, 0.15) is 87.0 Å². The molecule has 0 aromatic carbocycles. The van der Waals surface area contributed by atoms with Crippen molar-refractivity contribution in [3.8, 4) is 0 Å². The molecular formula is C35H51O9P. The first kappa shape index (κ1) is 34.3. The number of Topliss-reactive ketones (excluding diaryl/α,β-unsaturated/α-hetero) is 1. The number of fused-ring (bicyclic) bond motifs is 2. The molecule has 5 aliphatic carbocycles. The summed E-state index contributed by atoms with van der Waals surface area (Å²) in [5, 5.41) is 0. The number of rotatable bonds is 10. The Balaban J connectivity index is 1.49. The average molecular weight is 647 g/mol. The van der Waals surface area contributed by atoms with E-state index in [9.17, 15) is 28.6 Å². The predicted octanol–water partition coefficient (Wildman–Crippen LogP) is 6.08. The van der Waals surface area contributed by atoms with Gasteiger partial charge in [0, 0.05) is 44.2 Å². The summed E-state index contributed by atoms with van der Waals surface area (Å²) in [6.45, 7) is 17.8. The van der Waals surface area contributed by atoms with Gasteiger partial charge in [-0.25, -0.2) is 0 Å². The summed E-state index contributed by atoms with van der Waals surface area (Å²) >= 11 is 0. The largest absolute Gasteiger partial charge is 0.462 e. The Morgan fingerprint density at radius 3 is 2.38 bits per heavy atom. The van der Waals surface area contributed by atoms with Gasteiger partial charge in [0.1, 0.15) is 6.10 Å². The molecule has 1 unspecified atom stereocenters. The van der Waals surface area contributed by atoms with Gasteiger partial charge in [-0.2, -0.15) is 0 Å². The number of ketones is 2. The summed E-state index contributed by atoms with van der Waals surface area (Å²) in [4.78, 5) is 61.2. The third-order valence-electron chi connectivity index (χ3n) is 13.4. The maximum absolute atomic E-state index is 14.0. The van der Waals surface area contributed by atoms with E-state index in [1.807, 2.05) is 13.0 Å². The van der Waals surface area contributed by atoms with Gasteiger partial charge in [-0.15, -0.1) is 0 Å². The predicted molar refractivity (Wildman–Crippen MR) is 168 cm³/mol. The van der Waals surface area contributed by atoms with Crippen molar-refractivity contribution in [2.45, 2.75) is 99.2 Å². The highest BCUT2D eigenvalue weighted by atomic mass is 31.2. The first-order valence-electron chi connectivity index (χ1n) is 16.5. The van der Waals surface area contributed by atoms with Crippen molar-refractivity contribution in [1.82, 2.24) is 0 Å². The molecule has 0 amide bonds. The maximum Gasteiger partial charge on any atom is 0.325 e. The maximum atomic E-state index is 14.0. The van der Waals surface area contributed by atoms with Gasteiger partial charge in [-0.1, -0.05) is 47.3 Å². The minimum atomic E-state index is -3.76. The van der Waals surface area contributed by atoms with Gasteiger partial charge in [0.15, 0.2) is 17.7 Å². The third kappa shape index (κ3) is 5.24. The van der Waals surface area contributed by atoms with Crippen LogP contribution >= 0.6 is 7.60 Å². The van der Waals surface area contributed by atoms with E-state index >= 15 is 0 Å². The van der Waals surface area contributed by atoms with Gasteiger partial charge in [-0.3, -0.25) is 23.7 Å². The number of carbonyl (C=O) groups is 4. The highest BCUT2D eigenvalue weighted by molar-refractivity contribution is 7.51. The fourth-order valence-corrected chi connectivity index (χ4v) is 11.7. The Hall–Kier alpha value is -2.09. The van der Waals surface area contributed by atoms with E-state index < -0.39 is 43.4 Å². The number of esters is 2. The number of hydrogen-bond donors (Lipinski definition) is 1. The molecule has 9 nitrogen and oxygen atoms in total. The van der Waals surface area contributed by atoms with Crippen LogP contribution < -0.4 is 0 Å². The monoisotopic (exact) mass is 646 g/mol. The van der Waals surface area contributed by atoms with Crippen molar-refractivity contribution >= 4 is 31.1 Å². The molecular weight excluding hydrogens is 595 g/mol. The molecule has 4 saturated carbocycles. The second-order valence-electron chi connectivity index (χ2n) is 15.6. The third-order valence-corrected chi connectivity index (χ3v) is 14.0. The molecule has 5 rings (SSSR count). The second kappa shape index (κ2) is 11.3. The van der Waals surface area contributed by atoms with Gasteiger partial charge in [-0.05, 0) is 83.7 Å². The van der Waals surface area contributed by atoms with Crippen LogP contribution in [-0.2, 0) is 37.7 Å². The standard InChI is InChI=1S/C35H51O9P/c1-19(17-42-45(9,40)41)20(2)30(39)31(44-24(6)37)22(4)29-27(43-23(5)36)16-33(8)28-11-10-25-21(3)26(38)12-13-34(25)18-35(28,34)15-14-32(29,33)7/h12-13,19,21-22,25,27-29,31H,2,10-11,14-18H2,1,3-9H3,(H,40,41)/t19-,21-,22-,25-,27-,28-,29-,31+,32+,33-,34+,35-/m0/s1. The summed E-state index contributed by atoms with van der Waals surface area (Å²) < 4.78 is 28.6. The van der Waals surface area contributed by atoms with E-state index in [1.54, 1.807) is 6.92 Å². The molecule has 4 fully saturated rings. The van der Waals surface area contributed by atoms with E-state index in [0.717, 1.165) is 38.8 Å². The Morgan fingerprint density at radius 2 is 1.78 bits per heavy atom. The van der Waals surface area contributed by atoms with Crippen LogP contribution in [0.25, 0.3) is 0 Å². The van der Waals surface area contributed by atoms with Gasteiger partial charge in [0.25, 0.3) is 0 Å². The van der Waals surface area contributed by atoms with Crippen LogP contribution in [0.2, 0.25) is 0 Å². The molecule has 1 N–H and O–H groups in total. The lowest BCUT2D eigenvalue weighted by molar-refractivity contribution is -0.166. The first-order chi connectivity index (χ1) is 20.7. The minimum absolute atomic E-state index is 0.0274. The lowest BCUT2D eigenvalue weighted by atomic mass is 9.43. The minimum Gasteiger partial charge on any atom is -0.462 e. The van der Waals surface area contributed by atoms with Crippen molar-refractivity contribution in [3.05, 3.63) is 24.3 Å². The lowest BCUT2D eigenvalue weighted by Crippen LogP contribution is -2.56. The number of ether oxygens (including phenoxy) is 2. The molecule has 10 heteroatoms. The summed E-state index contributed by atoms with van der Waals surface area (Å²) in [5.74, 6) is -1.86. The smallest absolute Gasteiger partial charge is 0.325 e. The number of carbonyl (C=O) groups excluding carboxylic acids is 4. The Labute approximate surface area is 267 Å². The van der Waals surface area contributed by atoms with Gasteiger partial charge < -0.3 is 18.9 Å². The zero-order valence-corrected chi connectivity index (χ0v) is 29.0. The summed E-state index contributed by atoms with van der Waals surface area (Å²) in [6, 6.07) is 0. The van der Waals surface area contributed by atoms with Crippen molar-refractivity contribution in [2.24, 2.45) is 57.2 Å². The molecule has 5 aliphatic rings. The molecule has 0 aromatic rings. The molecule has 0 heterocycles. The number of hydrogen-bond acceptors (Lipinski definition) is 8. The molecule has 2 spiro atoms. The van der Waals surface area contributed by atoms with E-state index in [-0.39, 0.29) is 57.4 Å². The summed E-state index contributed by atoms with van der Waals surface area (Å²) in [7, 11) is -3.76. The molecule has 0 saturated heterocycles.